The molecule has 2 amide bonds. The number of halogens is 1. The minimum atomic E-state index is -1.27. The molecule has 25 heavy (non-hydrogen) atoms. The Morgan fingerprint density at radius 1 is 1.08 bits per heavy atom. The van der Waals surface area contributed by atoms with Crippen LogP contribution >= 0.6 is 11.6 Å². The van der Waals surface area contributed by atoms with Gasteiger partial charge >= 0.3 is 6.09 Å². The fourth-order valence-corrected chi connectivity index (χ4v) is 2.19. The summed E-state index contributed by atoms with van der Waals surface area (Å²) < 4.78 is 1.46. The average Bonchev–Trinajstić information content (AvgIpc) is 2.98. The normalized spacial score (nSPS) is 10.3. The summed E-state index contributed by atoms with van der Waals surface area (Å²) >= 11 is 5.70. The zero-order valence-electron chi connectivity index (χ0n) is 12.7. The topological polar surface area (TPSA) is 109 Å². The van der Waals surface area contributed by atoms with Gasteiger partial charge in [0.05, 0.1) is 17.4 Å². The van der Waals surface area contributed by atoms with Gasteiger partial charge in [0, 0.05) is 6.20 Å². The molecule has 0 aliphatic carbocycles. The van der Waals surface area contributed by atoms with E-state index in [1.54, 1.807) is 12.1 Å². The van der Waals surface area contributed by atoms with Gasteiger partial charge in [0.1, 0.15) is 10.8 Å². The number of aromatic nitrogens is 3. The monoisotopic (exact) mass is 357 g/mol. The van der Waals surface area contributed by atoms with E-state index >= 15 is 0 Å². The third kappa shape index (κ3) is 3.93. The summed E-state index contributed by atoms with van der Waals surface area (Å²) in [5, 5.41) is 18.2. The molecule has 9 heteroatoms. The largest absolute Gasteiger partial charge is 0.465 e. The maximum absolute atomic E-state index is 12.3. The van der Waals surface area contributed by atoms with Crippen LogP contribution < -0.4 is 10.6 Å². The molecule has 0 radical (unpaired) electrons. The van der Waals surface area contributed by atoms with Gasteiger partial charge in [-0.15, -0.1) is 5.10 Å². The van der Waals surface area contributed by atoms with E-state index in [0.29, 0.717) is 5.69 Å². The molecule has 3 N–H and O–H groups in total. The van der Waals surface area contributed by atoms with Crippen molar-refractivity contribution >= 4 is 35.1 Å². The summed E-state index contributed by atoms with van der Waals surface area (Å²) in [4.78, 5) is 27.1. The minimum absolute atomic E-state index is 0.0752. The number of carboxylic acid groups (broad SMARTS) is 1. The Labute approximate surface area is 147 Å². The highest BCUT2D eigenvalue weighted by Crippen LogP contribution is 2.23. The molecular formula is C16H12ClN5O3. The number of amides is 2. The molecule has 8 nitrogen and oxygen atoms in total. The Hall–Kier alpha value is -3.39. The zero-order valence-corrected chi connectivity index (χ0v) is 13.4. The van der Waals surface area contributed by atoms with Crippen LogP contribution in [0.2, 0.25) is 5.15 Å². The summed E-state index contributed by atoms with van der Waals surface area (Å²) in [6.07, 6.45) is 1.52. The maximum Gasteiger partial charge on any atom is 0.409 e. The quantitative estimate of drug-likeness (QED) is 0.621. The fraction of sp³-hybridized carbons (Fsp3) is 0. The summed E-state index contributed by atoms with van der Waals surface area (Å²) in [6.45, 7) is 0. The van der Waals surface area contributed by atoms with E-state index in [9.17, 15) is 9.59 Å². The lowest BCUT2D eigenvalue weighted by Crippen LogP contribution is -2.15. The van der Waals surface area contributed by atoms with Crippen molar-refractivity contribution < 1.29 is 14.7 Å². The van der Waals surface area contributed by atoms with Crippen LogP contribution in [0.3, 0.4) is 0 Å². The second-order valence-corrected chi connectivity index (χ2v) is 5.31. The van der Waals surface area contributed by atoms with E-state index < -0.39 is 12.0 Å². The lowest BCUT2D eigenvalue weighted by Gasteiger charge is -2.04. The van der Waals surface area contributed by atoms with E-state index in [-0.39, 0.29) is 22.2 Å². The SMILES string of the molecule is O=C(O)Nc1cn(-c2ccccc2)nc1NC(=O)c1ccc(Cl)nc1. The number of para-hydroxylation sites is 1. The molecule has 0 saturated heterocycles. The molecular weight excluding hydrogens is 346 g/mol. The predicted molar refractivity (Wildman–Crippen MR) is 92.4 cm³/mol. The molecule has 0 unspecified atom stereocenters. The van der Waals surface area contributed by atoms with Crippen LogP contribution in [0.15, 0.2) is 54.9 Å². The van der Waals surface area contributed by atoms with Gasteiger partial charge in [-0.3, -0.25) is 10.1 Å². The average molecular weight is 358 g/mol. The van der Waals surface area contributed by atoms with E-state index in [1.807, 2.05) is 18.2 Å². The minimum Gasteiger partial charge on any atom is -0.465 e. The van der Waals surface area contributed by atoms with Crippen LogP contribution in [-0.2, 0) is 0 Å². The Kier molecular flexibility index (Phi) is 4.62. The Bertz CT molecular complexity index is 909. The Morgan fingerprint density at radius 3 is 2.48 bits per heavy atom. The first-order valence-corrected chi connectivity index (χ1v) is 7.48. The molecule has 0 spiro atoms. The molecule has 0 fully saturated rings. The van der Waals surface area contributed by atoms with Crippen molar-refractivity contribution in [1.82, 2.24) is 14.8 Å². The molecule has 0 atom stereocenters. The van der Waals surface area contributed by atoms with Crippen LogP contribution in [0.5, 0.6) is 0 Å². The van der Waals surface area contributed by atoms with Crippen molar-refractivity contribution in [2.45, 2.75) is 0 Å². The molecule has 3 aromatic rings. The third-order valence-electron chi connectivity index (χ3n) is 3.20. The molecule has 0 bridgehead atoms. The summed E-state index contributed by atoms with van der Waals surface area (Å²) in [5.41, 5.74) is 1.12. The first kappa shape index (κ1) is 16.5. The van der Waals surface area contributed by atoms with Crippen LogP contribution in [0.25, 0.3) is 5.69 Å². The highest BCUT2D eigenvalue weighted by molar-refractivity contribution is 6.29. The number of anilines is 2. The Morgan fingerprint density at radius 2 is 1.84 bits per heavy atom. The molecule has 0 aliphatic rings. The van der Waals surface area contributed by atoms with Gasteiger partial charge in [0.25, 0.3) is 5.91 Å². The molecule has 1 aromatic carbocycles. The fourth-order valence-electron chi connectivity index (χ4n) is 2.08. The van der Waals surface area contributed by atoms with Crippen LogP contribution in [0.1, 0.15) is 10.4 Å². The van der Waals surface area contributed by atoms with Gasteiger partial charge < -0.3 is 10.4 Å². The summed E-state index contributed by atoms with van der Waals surface area (Å²) in [5.74, 6) is -0.415. The van der Waals surface area contributed by atoms with Crippen molar-refractivity contribution in [2.24, 2.45) is 0 Å². The molecule has 3 rings (SSSR count). The highest BCUT2D eigenvalue weighted by Gasteiger charge is 2.16. The van der Waals surface area contributed by atoms with E-state index in [0.717, 1.165) is 0 Å². The smallest absolute Gasteiger partial charge is 0.409 e. The van der Waals surface area contributed by atoms with Gasteiger partial charge in [0.2, 0.25) is 0 Å². The third-order valence-corrected chi connectivity index (χ3v) is 3.42. The van der Waals surface area contributed by atoms with Crippen molar-refractivity contribution in [3.63, 3.8) is 0 Å². The number of pyridine rings is 1. The molecule has 2 heterocycles. The number of hydrogen-bond donors (Lipinski definition) is 3. The van der Waals surface area contributed by atoms with Crippen molar-refractivity contribution in [2.75, 3.05) is 10.6 Å². The maximum atomic E-state index is 12.3. The lowest BCUT2D eigenvalue weighted by atomic mass is 10.2. The number of benzene rings is 1. The van der Waals surface area contributed by atoms with Gasteiger partial charge in [-0.1, -0.05) is 29.8 Å². The van der Waals surface area contributed by atoms with E-state index in [4.69, 9.17) is 16.7 Å². The summed E-state index contributed by atoms with van der Waals surface area (Å²) in [7, 11) is 0. The molecule has 2 aromatic heterocycles. The Balaban J connectivity index is 1.90. The lowest BCUT2D eigenvalue weighted by molar-refractivity contribution is 0.102. The number of hydrogen-bond acceptors (Lipinski definition) is 4. The second kappa shape index (κ2) is 7.02. The molecule has 0 saturated carbocycles. The van der Waals surface area contributed by atoms with Gasteiger partial charge in [-0.25, -0.2) is 14.5 Å². The van der Waals surface area contributed by atoms with Crippen LogP contribution in [-0.4, -0.2) is 31.9 Å². The zero-order chi connectivity index (χ0) is 17.8. The molecule has 126 valence electrons. The van der Waals surface area contributed by atoms with Crippen LogP contribution in [0, 0.1) is 0 Å². The van der Waals surface area contributed by atoms with Crippen LogP contribution in [0.4, 0.5) is 16.3 Å². The number of carbonyl (C=O) groups excluding carboxylic acids is 1. The van der Waals surface area contributed by atoms with Gasteiger partial charge in [-0.05, 0) is 24.3 Å². The first-order valence-electron chi connectivity index (χ1n) is 7.11. The number of carbonyl (C=O) groups is 2. The van der Waals surface area contributed by atoms with Gasteiger partial charge in [0.15, 0.2) is 5.82 Å². The van der Waals surface area contributed by atoms with E-state index in [2.05, 4.69) is 20.7 Å². The number of nitrogens with one attached hydrogen (secondary N) is 2. The number of rotatable bonds is 4. The van der Waals surface area contributed by atoms with Gasteiger partial charge in [-0.2, -0.15) is 0 Å². The second-order valence-electron chi connectivity index (χ2n) is 4.93. The van der Waals surface area contributed by atoms with E-state index in [1.165, 1.54) is 29.2 Å². The number of nitrogens with zero attached hydrogens (tertiary/aromatic N) is 3. The van der Waals surface area contributed by atoms with Crippen molar-refractivity contribution in [3.8, 4) is 5.69 Å². The summed E-state index contributed by atoms with van der Waals surface area (Å²) in [6, 6.07) is 12.1. The van der Waals surface area contributed by atoms with Crippen molar-refractivity contribution in [1.29, 1.82) is 0 Å². The predicted octanol–water partition coefficient (Wildman–Crippen LogP) is 3.26. The molecule has 0 aliphatic heterocycles. The first-order chi connectivity index (χ1) is 12.0. The van der Waals surface area contributed by atoms with Crippen molar-refractivity contribution in [3.05, 3.63) is 65.6 Å². The standard InChI is InChI=1S/C16H12ClN5O3/c17-13-7-6-10(8-18-13)15(23)20-14-12(19-16(24)25)9-22(21-14)11-4-2-1-3-5-11/h1-9,19H,(H,24,25)(H,20,21,23). The highest BCUT2D eigenvalue weighted by atomic mass is 35.5.